The van der Waals surface area contributed by atoms with Crippen LogP contribution in [0, 0.1) is 5.82 Å². The third kappa shape index (κ3) is 4.30. The maximum Gasteiger partial charge on any atom is 0.238 e. The molecule has 25 heavy (non-hydrogen) atoms. The fourth-order valence-electron chi connectivity index (χ4n) is 2.31. The van der Waals surface area contributed by atoms with Gasteiger partial charge in [-0.3, -0.25) is 10.1 Å². The molecule has 0 aliphatic heterocycles. The van der Waals surface area contributed by atoms with Crippen LogP contribution in [0.4, 0.5) is 10.1 Å². The summed E-state index contributed by atoms with van der Waals surface area (Å²) in [6.45, 7) is 1.86. The van der Waals surface area contributed by atoms with Crippen LogP contribution in [0.5, 0.6) is 0 Å². The molecule has 3 rings (SSSR count). The summed E-state index contributed by atoms with van der Waals surface area (Å²) >= 11 is 0. The van der Waals surface area contributed by atoms with Crippen LogP contribution in [-0.4, -0.2) is 17.4 Å². The predicted octanol–water partition coefficient (Wildman–Crippen LogP) is 3.77. The zero-order chi connectivity index (χ0) is 17.6. The van der Waals surface area contributed by atoms with Crippen LogP contribution in [-0.2, 0) is 4.79 Å². The van der Waals surface area contributed by atoms with Gasteiger partial charge in [0.05, 0.1) is 24.5 Å². The van der Waals surface area contributed by atoms with Crippen LogP contribution in [0.15, 0.2) is 65.2 Å². The highest BCUT2D eigenvalue weighted by Crippen LogP contribution is 2.22. The van der Waals surface area contributed by atoms with Gasteiger partial charge in [0.1, 0.15) is 5.82 Å². The standard InChI is InChI=1S/C19H18FN3O2/c1-13(19-22-11-17(25-19)14-7-3-2-4-8-14)21-12-18(24)23-16-10-6-5-9-15(16)20/h2-11,13,21H,12H2,1H3,(H,23,24)/t13-/m1/s1. The van der Waals surface area contributed by atoms with E-state index in [4.69, 9.17) is 4.42 Å². The number of benzene rings is 2. The van der Waals surface area contributed by atoms with E-state index in [0.717, 1.165) is 5.56 Å². The number of carbonyl (C=O) groups is 1. The Hall–Kier alpha value is -2.99. The lowest BCUT2D eigenvalue weighted by Gasteiger charge is -2.11. The summed E-state index contributed by atoms with van der Waals surface area (Å²) in [7, 11) is 0. The Labute approximate surface area is 144 Å². The topological polar surface area (TPSA) is 67.2 Å². The second-order valence-electron chi connectivity index (χ2n) is 5.56. The molecule has 2 aromatic carbocycles. The quantitative estimate of drug-likeness (QED) is 0.717. The molecule has 0 aliphatic carbocycles. The molecule has 0 fully saturated rings. The molecular formula is C19H18FN3O2. The Balaban J connectivity index is 1.56. The second kappa shape index (κ2) is 7.72. The highest BCUT2D eigenvalue weighted by molar-refractivity contribution is 5.92. The van der Waals surface area contributed by atoms with Crippen molar-refractivity contribution in [2.45, 2.75) is 13.0 Å². The molecule has 5 nitrogen and oxygen atoms in total. The fraction of sp³-hybridized carbons (Fsp3) is 0.158. The van der Waals surface area contributed by atoms with Gasteiger partial charge in [-0.1, -0.05) is 42.5 Å². The largest absolute Gasteiger partial charge is 0.439 e. The number of carbonyl (C=O) groups excluding carboxylic acids is 1. The van der Waals surface area contributed by atoms with Crippen molar-refractivity contribution in [3.05, 3.63) is 72.5 Å². The van der Waals surface area contributed by atoms with Gasteiger partial charge in [-0.25, -0.2) is 9.37 Å². The first kappa shape index (κ1) is 16.9. The molecule has 128 valence electrons. The van der Waals surface area contributed by atoms with Gasteiger partial charge in [0.2, 0.25) is 11.8 Å². The molecule has 6 heteroatoms. The molecule has 0 unspecified atom stereocenters. The van der Waals surface area contributed by atoms with Crippen molar-refractivity contribution in [1.29, 1.82) is 0 Å². The zero-order valence-corrected chi connectivity index (χ0v) is 13.7. The minimum absolute atomic E-state index is 0.0125. The monoisotopic (exact) mass is 339 g/mol. The lowest BCUT2D eigenvalue weighted by atomic mass is 10.2. The molecule has 1 atom stereocenters. The fourth-order valence-corrected chi connectivity index (χ4v) is 2.31. The number of oxazole rings is 1. The molecule has 0 saturated heterocycles. The molecule has 0 saturated carbocycles. The third-order valence-corrected chi connectivity index (χ3v) is 3.67. The van der Waals surface area contributed by atoms with Gasteiger partial charge in [-0.15, -0.1) is 0 Å². The first-order valence-corrected chi connectivity index (χ1v) is 7.92. The van der Waals surface area contributed by atoms with Crippen LogP contribution in [0.3, 0.4) is 0 Å². The summed E-state index contributed by atoms with van der Waals surface area (Å²) in [5.74, 6) is 0.341. The first-order chi connectivity index (χ1) is 12.1. The summed E-state index contributed by atoms with van der Waals surface area (Å²) in [6, 6.07) is 15.4. The number of halogens is 1. The average molecular weight is 339 g/mol. The van der Waals surface area contributed by atoms with Crippen LogP contribution in [0.2, 0.25) is 0 Å². The van der Waals surface area contributed by atoms with Crippen LogP contribution >= 0.6 is 0 Å². The lowest BCUT2D eigenvalue weighted by Crippen LogP contribution is -2.30. The van der Waals surface area contributed by atoms with Gasteiger partial charge >= 0.3 is 0 Å². The highest BCUT2D eigenvalue weighted by Gasteiger charge is 2.15. The second-order valence-corrected chi connectivity index (χ2v) is 5.56. The van der Waals surface area contributed by atoms with Gasteiger partial charge in [0, 0.05) is 5.56 Å². The molecule has 0 spiro atoms. The predicted molar refractivity (Wildman–Crippen MR) is 93.4 cm³/mol. The van der Waals surface area contributed by atoms with E-state index in [2.05, 4.69) is 15.6 Å². The summed E-state index contributed by atoms with van der Waals surface area (Å²) in [6.07, 6.45) is 1.66. The summed E-state index contributed by atoms with van der Waals surface area (Å²) in [5, 5.41) is 5.53. The summed E-state index contributed by atoms with van der Waals surface area (Å²) < 4.78 is 19.3. The van der Waals surface area contributed by atoms with Crippen molar-refractivity contribution in [2.75, 3.05) is 11.9 Å². The molecular weight excluding hydrogens is 321 g/mol. The lowest BCUT2D eigenvalue weighted by molar-refractivity contribution is -0.115. The number of nitrogens with one attached hydrogen (secondary N) is 2. The van der Waals surface area contributed by atoms with E-state index in [-0.39, 0.29) is 24.2 Å². The van der Waals surface area contributed by atoms with Gasteiger partial charge < -0.3 is 9.73 Å². The molecule has 0 bridgehead atoms. The average Bonchev–Trinajstić information content (AvgIpc) is 3.13. The van der Waals surface area contributed by atoms with Gasteiger partial charge in [0.15, 0.2) is 5.76 Å². The van der Waals surface area contributed by atoms with Gasteiger partial charge in [0.25, 0.3) is 0 Å². The van der Waals surface area contributed by atoms with Crippen LogP contribution in [0.25, 0.3) is 11.3 Å². The smallest absolute Gasteiger partial charge is 0.238 e. The highest BCUT2D eigenvalue weighted by atomic mass is 19.1. The number of hydrogen-bond acceptors (Lipinski definition) is 4. The van der Waals surface area contributed by atoms with Crippen molar-refractivity contribution < 1.29 is 13.6 Å². The van der Waals surface area contributed by atoms with Crippen molar-refractivity contribution in [3.63, 3.8) is 0 Å². The summed E-state index contributed by atoms with van der Waals surface area (Å²) in [5.41, 5.74) is 1.09. The Morgan fingerprint density at radius 3 is 2.64 bits per heavy atom. The number of anilines is 1. The first-order valence-electron chi connectivity index (χ1n) is 7.92. The number of para-hydroxylation sites is 1. The molecule has 1 aromatic heterocycles. The number of hydrogen-bond donors (Lipinski definition) is 2. The third-order valence-electron chi connectivity index (χ3n) is 3.67. The molecule has 1 amide bonds. The Morgan fingerprint density at radius 2 is 1.88 bits per heavy atom. The van der Waals surface area contributed by atoms with Crippen molar-refractivity contribution in [2.24, 2.45) is 0 Å². The van der Waals surface area contributed by atoms with E-state index in [9.17, 15) is 9.18 Å². The van der Waals surface area contributed by atoms with E-state index in [0.29, 0.717) is 11.7 Å². The Kier molecular flexibility index (Phi) is 5.20. The van der Waals surface area contributed by atoms with E-state index in [1.165, 1.54) is 12.1 Å². The minimum Gasteiger partial charge on any atom is -0.439 e. The van der Waals surface area contributed by atoms with E-state index in [1.807, 2.05) is 37.3 Å². The molecule has 1 heterocycles. The van der Waals surface area contributed by atoms with E-state index >= 15 is 0 Å². The minimum atomic E-state index is -0.468. The van der Waals surface area contributed by atoms with E-state index < -0.39 is 5.82 Å². The van der Waals surface area contributed by atoms with Crippen molar-refractivity contribution in [1.82, 2.24) is 10.3 Å². The number of aromatic nitrogens is 1. The molecule has 3 aromatic rings. The van der Waals surface area contributed by atoms with E-state index in [1.54, 1.807) is 18.3 Å². The Morgan fingerprint density at radius 1 is 1.16 bits per heavy atom. The molecule has 2 N–H and O–H groups in total. The number of rotatable bonds is 6. The summed E-state index contributed by atoms with van der Waals surface area (Å²) in [4.78, 5) is 16.2. The SMILES string of the molecule is C[C@@H](NCC(=O)Nc1ccccc1F)c1ncc(-c2ccccc2)o1. The zero-order valence-electron chi connectivity index (χ0n) is 13.7. The maximum absolute atomic E-state index is 13.5. The van der Waals surface area contributed by atoms with Crippen molar-refractivity contribution in [3.8, 4) is 11.3 Å². The number of amides is 1. The molecule has 0 radical (unpaired) electrons. The number of nitrogens with zero attached hydrogens (tertiary/aromatic N) is 1. The van der Waals surface area contributed by atoms with Crippen LogP contribution in [0.1, 0.15) is 18.9 Å². The Bertz CT molecular complexity index is 849. The van der Waals surface area contributed by atoms with Gasteiger partial charge in [-0.05, 0) is 19.1 Å². The van der Waals surface area contributed by atoms with Gasteiger partial charge in [-0.2, -0.15) is 0 Å². The maximum atomic E-state index is 13.5. The normalized spacial score (nSPS) is 11.9. The molecule has 0 aliphatic rings. The van der Waals surface area contributed by atoms with Crippen molar-refractivity contribution >= 4 is 11.6 Å². The van der Waals surface area contributed by atoms with Crippen LogP contribution < -0.4 is 10.6 Å².